The number of nitrogens with zero attached hydrogens (tertiary/aromatic N) is 4. The largest absolute Gasteiger partial charge is 0.308 e. The molecule has 0 aliphatic rings. The molecule has 0 saturated carbocycles. The molecule has 0 aliphatic carbocycles. The van der Waals surface area contributed by atoms with Gasteiger partial charge in [0.05, 0.1) is 5.69 Å². The lowest BCUT2D eigenvalue weighted by Gasteiger charge is -2.09. The summed E-state index contributed by atoms with van der Waals surface area (Å²) in [5.41, 5.74) is 4.64. The van der Waals surface area contributed by atoms with Crippen LogP contribution in [0.5, 0.6) is 0 Å². The first kappa shape index (κ1) is 12.5. The van der Waals surface area contributed by atoms with Crippen molar-refractivity contribution < 1.29 is 0 Å². The highest BCUT2D eigenvalue weighted by atomic mass is 15.3. The van der Waals surface area contributed by atoms with Gasteiger partial charge in [-0.1, -0.05) is 6.92 Å². The van der Waals surface area contributed by atoms with Crippen molar-refractivity contribution in [2.24, 2.45) is 5.84 Å². The van der Waals surface area contributed by atoms with Gasteiger partial charge in [0.2, 0.25) is 0 Å². The highest BCUT2D eigenvalue weighted by Gasteiger charge is 2.09. The first-order chi connectivity index (χ1) is 8.65. The zero-order valence-electron chi connectivity index (χ0n) is 10.9. The number of hydrogen-bond donors (Lipinski definition) is 2. The van der Waals surface area contributed by atoms with Crippen LogP contribution in [-0.4, -0.2) is 19.5 Å². The van der Waals surface area contributed by atoms with Crippen LogP contribution in [0.4, 0.5) is 5.82 Å². The highest BCUT2D eigenvalue weighted by molar-refractivity contribution is 5.41. The summed E-state index contributed by atoms with van der Waals surface area (Å²) in [6.07, 6.45) is 3.59. The lowest BCUT2D eigenvalue weighted by molar-refractivity contribution is 0.812. The van der Waals surface area contributed by atoms with Gasteiger partial charge in [-0.15, -0.1) is 0 Å². The van der Waals surface area contributed by atoms with Crippen molar-refractivity contribution >= 4 is 5.82 Å². The molecule has 0 aliphatic heterocycles. The second kappa shape index (κ2) is 5.14. The van der Waals surface area contributed by atoms with E-state index in [4.69, 9.17) is 5.84 Å². The van der Waals surface area contributed by atoms with E-state index in [9.17, 15) is 0 Å². The molecule has 0 aromatic carbocycles. The van der Waals surface area contributed by atoms with Gasteiger partial charge in [-0.05, 0) is 20.3 Å². The molecular weight excluding hydrogens is 228 g/mol. The Morgan fingerprint density at radius 3 is 2.67 bits per heavy atom. The molecule has 0 fully saturated rings. The lowest BCUT2D eigenvalue weighted by atomic mass is 10.3. The molecule has 6 nitrogen and oxygen atoms in total. The van der Waals surface area contributed by atoms with E-state index in [1.54, 1.807) is 6.33 Å². The van der Waals surface area contributed by atoms with E-state index in [2.05, 4.69) is 27.3 Å². The maximum absolute atomic E-state index is 5.44. The van der Waals surface area contributed by atoms with Crippen LogP contribution in [-0.2, 0) is 6.42 Å². The summed E-state index contributed by atoms with van der Waals surface area (Å²) in [5, 5.41) is 0. The van der Waals surface area contributed by atoms with Crippen molar-refractivity contribution in [1.29, 1.82) is 0 Å². The van der Waals surface area contributed by atoms with Crippen LogP contribution in [0.15, 0.2) is 12.4 Å². The van der Waals surface area contributed by atoms with Gasteiger partial charge in [-0.25, -0.2) is 20.8 Å². The van der Waals surface area contributed by atoms with Gasteiger partial charge in [-0.3, -0.25) is 4.57 Å². The fraction of sp³-hybridized carbons (Fsp3) is 0.417. The maximum atomic E-state index is 5.44. The Labute approximate surface area is 106 Å². The fourth-order valence-electron chi connectivity index (χ4n) is 1.75. The maximum Gasteiger partial charge on any atom is 0.145 e. The molecule has 2 aromatic heterocycles. The number of aryl methyl sites for hydroxylation is 2. The normalized spacial score (nSPS) is 10.7. The Bertz CT molecular complexity index is 545. The number of hydrogen-bond acceptors (Lipinski definition) is 5. The summed E-state index contributed by atoms with van der Waals surface area (Å²) in [7, 11) is 0. The molecular formula is C12H18N6. The second-order valence-electron chi connectivity index (χ2n) is 4.21. The molecule has 2 rings (SSSR count). The molecule has 6 heteroatoms. The Balaban J connectivity index is 2.49. The van der Waals surface area contributed by atoms with Crippen LogP contribution >= 0.6 is 0 Å². The number of nitrogens with two attached hydrogens (primary N) is 1. The van der Waals surface area contributed by atoms with Crippen LogP contribution in [0.3, 0.4) is 0 Å². The van der Waals surface area contributed by atoms with E-state index >= 15 is 0 Å². The Hall–Kier alpha value is -1.95. The average Bonchev–Trinajstić information content (AvgIpc) is 2.70. The molecule has 2 aromatic rings. The molecule has 0 bridgehead atoms. The first-order valence-electron chi connectivity index (χ1n) is 6.01. The summed E-state index contributed by atoms with van der Waals surface area (Å²) in [6, 6.07) is 1.81. The van der Waals surface area contributed by atoms with Crippen molar-refractivity contribution in [3.8, 4) is 5.82 Å². The topological polar surface area (TPSA) is 81.6 Å². The molecule has 0 spiro atoms. The standard InChI is InChI=1S/C12H18N6/c1-4-5-10-15-11(17-13)6-12(16-10)18-7-14-8(2)9(18)3/h6-7H,4-5,13H2,1-3H3,(H,15,16,17). The van der Waals surface area contributed by atoms with Gasteiger partial charge >= 0.3 is 0 Å². The van der Waals surface area contributed by atoms with Crippen LogP contribution in [0.2, 0.25) is 0 Å². The molecule has 18 heavy (non-hydrogen) atoms. The first-order valence-corrected chi connectivity index (χ1v) is 6.01. The number of hydrazine groups is 1. The molecule has 2 heterocycles. The smallest absolute Gasteiger partial charge is 0.145 e. The van der Waals surface area contributed by atoms with E-state index in [1.807, 2.05) is 24.5 Å². The van der Waals surface area contributed by atoms with E-state index in [1.165, 1.54) is 0 Å². The third kappa shape index (κ3) is 2.33. The summed E-state index contributed by atoms with van der Waals surface area (Å²) < 4.78 is 1.94. The number of imidazole rings is 1. The van der Waals surface area contributed by atoms with E-state index in [-0.39, 0.29) is 0 Å². The van der Waals surface area contributed by atoms with Crippen molar-refractivity contribution in [2.45, 2.75) is 33.6 Å². The summed E-state index contributed by atoms with van der Waals surface area (Å²) in [6.45, 7) is 6.08. The second-order valence-corrected chi connectivity index (χ2v) is 4.21. The molecule has 0 unspecified atom stereocenters. The van der Waals surface area contributed by atoms with E-state index in [0.29, 0.717) is 5.82 Å². The Kier molecular flexibility index (Phi) is 3.57. The minimum atomic E-state index is 0.620. The van der Waals surface area contributed by atoms with Crippen LogP contribution in [0, 0.1) is 13.8 Å². The summed E-state index contributed by atoms with van der Waals surface area (Å²) in [4.78, 5) is 13.1. The van der Waals surface area contributed by atoms with E-state index in [0.717, 1.165) is 35.9 Å². The van der Waals surface area contributed by atoms with Crippen molar-refractivity contribution in [3.05, 3.63) is 29.6 Å². The highest BCUT2D eigenvalue weighted by Crippen LogP contribution is 2.15. The minimum absolute atomic E-state index is 0.620. The molecule has 0 radical (unpaired) electrons. The van der Waals surface area contributed by atoms with Crippen LogP contribution in [0.25, 0.3) is 5.82 Å². The molecule has 0 saturated heterocycles. The number of anilines is 1. The predicted molar refractivity (Wildman–Crippen MR) is 70.4 cm³/mol. The zero-order valence-corrected chi connectivity index (χ0v) is 10.9. The minimum Gasteiger partial charge on any atom is -0.308 e. The summed E-state index contributed by atoms with van der Waals surface area (Å²) in [5.74, 6) is 7.64. The lowest BCUT2D eigenvalue weighted by Crippen LogP contribution is -2.12. The van der Waals surface area contributed by atoms with Gasteiger partial charge in [0.1, 0.15) is 23.8 Å². The number of nitrogen functional groups attached to an aromatic ring is 1. The number of nitrogens with one attached hydrogen (secondary N) is 1. The van der Waals surface area contributed by atoms with Crippen molar-refractivity contribution in [3.63, 3.8) is 0 Å². The van der Waals surface area contributed by atoms with Gasteiger partial charge < -0.3 is 5.43 Å². The Morgan fingerprint density at radius 2 is 2.11 bits per heavy atom. The molecule has 3 N–H and O–H groups in total. The van der Waals surface area contributed by atoms with Crippen LogP contribution < -0.4 is 11.3 Å². The Morgan fingerprint density at radius 1 is 1.33 bits per heavy atom. The predicted octanol–water partition coefficient (Wildman–Crippen LogP) is 1.52. The SMILES string of the molecule is CCCc1nc(NN)cc(-n2cnc(C)c2C)n1. The zero-order chi connectivity index (χ0) is 13.1. The molecule has 0 amide bonds. The quantitative estimate of drug-likeness (QED) is 0.631. The third-order valence-electron chi connectivity index (χ3n) is 2.88. The van der Waals surface area contributed by atoms with Crippen molar-refractivity contribution in [2.75, 3.05) is 5.43 Å². The average molecular weight is 246 g/mol. The van der Waals surface area contributed by atoms with Gasteiger partial charge in [0.15, 0.2) is 0 Å². The van der Waals surface area contributed by atoms with Crippen LogP contribution in [0.1, 0.15) is 30.6 Å². The van der Waals surface area contributed by atoms with Crippen molar-refractivity contribution in [1.82, 2.24) is 19.5 Å². The third-order valence-corrected chi connectivity index (χ3v) is 2.88. The number of rotatable bonds is 4. The number of aromatic nitrogens is 4. The molecule has 96 valence electrons. The fourth-order valence-corrected chi connectivity index (χ4v) is 1.75. The van der Waals surface area contributed by atoms with Gasteiger partial charge in [-0.2, -0.15) is 0 Å². The molecule has 0 atom stereocenters. The monoisotopic (exact) mass is 246 g/mol. The summed E-state index contributed by atoms with van der Waals surface area (Å²) >= 11 is 0. The van der Waals surface area contributed by atoms with Gasteiger partial charge in [0, 0.05) is 18.2 Å². The van der Waals surface area contributed by atoms with Gasteiger partial charge in [0.25, 0.3) is 0 Å². The van der Waals surface area contributed by atoms with E-state index < -0.39 is 0 Å².